The van der Waals surface area contributed by atoms with E-state index < -0.39 is 0 Å². The second-order valence-electron chi connectivity index (χ2n) is 4.21. The number of unbranched alkanes of at least 4 members (excludes halogenated alkanes) is 4. The summed E-state index contributed by atoms with van der Waals surface area (Å²) in [5.41, 5.74) is 0. The van der Waals surface area contributed by atoms with Crippen LogP contribution < -0.4 is 0 Å². The highest BCUT2D eigenvalue weighted by molar-refractivity contribution is 5.66. The molecule has 0 heterocycles. The fourth-order valence-corrected chi connectivity index (χ4v) is 1.59. The zero-order chi connectivity index (χ0) is 12.2. The molecule has 0 radical (unpaired) electrons. The summed E-state index contributed by atoms with van der Waals surface area (Å²) in [6.45, 7) is 5.82. The molecule has 0 aliphatic carbocycles. The van der Waals surface area contributed by atoms with Crippen LogP contribution in [-0.2, 0) is 9.53 Å². The Morgan fingerprint density at radius 2 is 1.94 bits per heavy atom. The van der Waals surface area contributed by atoms with Crippen molar-refractivity contribution in [3.05, 3.63) is 12.2 Å². The van der Waals surface area contributed by atoms with Crippen molar-refractivity contribution < 1.29 is 9.53 Å². The van der Waals surface area contributed by atoms with Crippen molar-refractivity contribution in [1.29, 1.82) is 0 Å². The molecule has 1 unspecified atom stereocenters. The van der Waals surface area contributed by atoms with Crippen molar-refractivity contribution in [2.75, 3.05) is 0 Å². The van der Waals surface area contributed by atoms with Gasteiger partial charge in [0.25, 0.3) is 0 Å². The van der Waals surface area contributed by atoms with E-state index in [1.807, 2.05) is 6.08 Å². The van der Waals surface area contributed by atoms with Gasteiger partial charge in [0.1, 0.15) is 6.10 Å². The minimum absolute atomic E-state index is 0.0130. The minimum atomic E-state index is -0.179. The van der Waals surface area contributed by atoms with Crippen LogP contribution in [0.15, 0.2) is 12.2 Å². The molecule has 0 saturated heterocycles. The van der Waals surface area contributed by atoms with Crippen molar-refractivity contribution in [2.45, 2.75) is 71.8 Å². The minimum Gasteiger partial charge on any atom is -0.458 e. The number of allylic oxidation sites excluding steroid dienone is 1. The Morgan fingerprint density at radius 1 is 1.19 bits per heavy atom. The van der Waals surface area contributed by atoms with E-state index in [9.17, 15) is 4.79 Å². The van der Waals surface area contributed by atoms with E-state index >= 15 is 0 Å². The van der Waals surface area contributed by atoms with Crippen LogP contribution in [-0.4, -0.2) is 12.1 Å². The Morgan fingerprint density at radius 3 is 2.50 bits per heavy atom. The van der Waals surface area contributed by atoms with E-state index in [0.717, 1.165) is 25.7 Å². The average molecular weight is 226 g/mol. The number of hydrogen-bond donors (Lipinski definition) is 0. The molecule has 0 fully saturated rings. The number of esters is 1. The van der Waals surface area contributed by atoms with E-state index in [4.69, 9.17) is 4.74 Å². The van der Waals surface area contributed by atoms with Gasteiger partial charge in [0, 0.05) is 6.92 Å². The van der Waals surface area contributed by atoms with E-state index in [1.165, 1.54) is 26.2 Å². The highest BCUT2D eigenvalue weighted by Crippen LogP contribution is 2.10. The number of carbonyl (C=O) groups is 1. The van der Waals surface area contributed by atoms with E-state index in [-0.39, 0.29) is 12.1 Å². The maximum Gasteiger partial charge on any atom is 0.303 e. The van der Waals surface area contributed by atoms with Crippen LogP contribution in [0.5, 0.6) is 0 Å². The molecular formula is C14H26O2. The average Bonchev–Trinajstić information content (AvgIpc) is 2.23. The van der Waals surface area contributed by atoms with Crippen molar-refractivity contribution in [3.8, 4) is 0 Å². The molecule has 2 nitrogen and oxygen atoms in total. The summed E-state index contributed by atoms with van der Waals surface area (Å²) >= 11 is 0. The largest absolute Gasteiger partial charge is 0.458 e. The molecule has 0 aliphatic heterocycles. The Kier molecular flexibility index (Phi) is 10.2. The van der Waals surface area contributed by atoms with Gasteiger partial charge in [-0.25, -0.2) is 0 Å². The molecular weight excluding hydrogens is 200 g/mol. The van der Waals surface area contributed by atoms with Crippen LogP contribution in [0.2, 0.25) is 0 Å². The van der Waals surface area contributed by atoms with Crippen LogP contribution in [0.1, 0.15) is 65.7 Å². The molecule has 0 aromatic heterocycles. The van der Waals surface area contributed by atoms with Gasteiger partial charge in [-0.3, -0.25) is 4.79 Å². The normalized spacial score (nSPS) is 12.9. The Balaban J connectivity index is 3.85. The number of hydrogen-bond acceptors (Lipinski definition) is 2. The second-order valence-corrected chi connectivity index (χ2v) is 4.21. The summed E-state index contributed by atoms with van der Waals surface area (Å²) < 4.78 is 5.25. The predicted octanol–water partition coefficient (Wildman–Crippen LogP) is 4.24. The first-order chi connectivity index (χ1) is 7.70. The first kappa shape index (κ1) is 15.2. The van der Waals surface area contributed by atoms with E-state index in [0.29, 0.717) is 0 Å². The zero-order valence-electron chi connectivity index (χ0n) is 11.0. The monoisotopic (exact) mass is 226 g/mol. The molecule has 0 aromatic rings. The number of carbonyl (C=O) groups excluding carboxylic acids is 1. The van der Waals surface area contributed by atoms with Crippen molar-refractivity contribution in [1.82, 2.24) is 0 Å². The Bertz CT molecular complexity index is 197. The van der Waals surface area contributed by atoms with E-state index in [1.54, 1.807) is 0 Å². The summed E-state index contributed by atoms with van der Waals surface area (Å²) in [4.78, 5) is 10.9. The topological polar surface area (TPSA) is 26.3 Å². The lowest BCUT2D eigenvalue weighted by Crippen LogP contribution is -2.13. The molecule has 16 heavy (non-hydrogen) atoms. The van der Waals surface area contributed by atoms with Gasteiger partial charge >= 0.3 is 5.97 Å². The third-order valence-electron chi connectivity index (χ3n) is 2.47. The lowest BCUT2D eigenvalue weighted by Gasteiger charge is -2.12. The summed E-state index contributed by atoms with van der Waals surface area (Å²) in [7, 11) is 0. The second kappa shape index (κ2) is 10.7. The first-order valence-corrected chi connectivity index (χ1v) is 6.54. The standard InChI is InChI=1S/C14H26O2/c1-4-6-8-10-12-14(16-13(3)15)11-9-7-5-2/h9,11,14H,4-8,10,12H2,1-3H3. The molecule has 0 bridgehead atoms. The molecule has 94 valence electrons. The van der Waals surface area contributed by atoms with Gasteiger partial charge in [0.2, 0.25) is 0 Å². The van der Waals surface area contributed by atoms with Gasteiger partial charge in [-0.15, -0.1) is 0 Å². The van der Waals surface area contributed by atoms with Crippen molar-refractivity contribution >= 4 is 5.97 Å². The van der Waals surface area contributed by atoms with Gasteiger partial charge in [0.15, 0.2) is 0 Å². The molecule has 0 saturated carbocycles. The maximum atomic E-state index is 10.9. The van der Waals surface area contributed by atoms with E-state index in [2.05, 4.69) is 19.9 Å². The number of rotatable bonds is 9. The molecule has 0 spiro atoms. The summed E-state index contributed by atoms with van der Waals surface area (Å²) in [6, 6.07) is 0. The summed E-state index contributed by atoms with van der Waals surface area (Å²) in [5.74, 6) is -0.179. The van der Waals surface area contributed by atoms with Crippen LogP contribution in [0.25, 0.3) is 0 Å². The van der Waals surface area contributed by atoms with Gasteiger partial charge in [-0.1, -0.05) is 45.6 Å². The summed E-state index contributed by atoms with van der Waals surface area (Å²) in [6.07, 6.45) is 12.2. The lowest BCUT2D eigenvalue weighted by atomic mass is 10.1. The van der Waals surface area contributed by atoms with Crippen molar-refractivity contribution in [3.63, 3.8) is 0 Å². The molecule has 0 rings (SSSR count). The Labute approximate surface area is 100 Å². The van der Waals surface area contributed by atoms with Crippen LogP contribution in [0, 0.1) is 0 Å². The van der Waals surface area contributed by atoms with Crippen LogP contribution in [0.4, 0.5) is 0 Å². The third-order valence-corrected chi connectivity index (χ3v) is 2.47. The van der Waals surface area contributed by atoms with Gasteiger partial charge in [-0.2, -0.15) is 0 Å². The van der Waals surface area contributed by atoms with Gasteiger partial charge < -0.3 is 4.74 Å². The fourth-order valence-electron chi connectivity index (χ4n) is 1.59. The lowest BCUT2D eigenvalue weighted by molar-refractivity contribution is -0.144. The number of ether oxygens (including phenoxy) is 1. The smallest absolute Gasteiger partial charge is 0.303 e. The van der Waals surface area contributed by atoms with Gasteiger partial charge in [0.05, 0.1) is 0 Å². The van der Waals surface area contributed by atoms with Crippen LogP contribution in [0.3, 0.4) is 0 Å². The summed E-state index contributed by atoms with van der Waals surface area (Å²) in [5, 5.41) is 0. The molecule has 1 atom stereocenters. The highest BCUT2D eigenvalue weighted by atomic mass is 16.5. The van der Waals surface area contributed by atoms with Crippen molar-refractivity contribution in [2.24, 2.45) is 0 Å². The third kappa shape index (κ3) is 9.75. The SMILES string of the molecule is CCCC=CC(CCCCCC)OC(C)=O. The van der Waals surface area contributed by atoms with Crippen LogP contribution >= 0.6 is 0 Å². The maximum absolute atomic E-state index is 10.9. The van der Waals surface area contributed by atoms with Gasteiger partial charge in [-0.05, 0) is 25.3 Å². The molecule has 0 aliphatic rings. The molecule has 0 amide bonds. The predicted molar refractivity (Wildman–Crippen MR) is 68.4 cm³/mol. The molecule has 0 aromatic carbocycles. The zero-order valence-corrected chi connectivity index (χ0v) is 11.0. The molecule has 0 N–H and O–H groups in total. The first-order valence-electron chi connectivity index (χ1n) is 6.54. The quantitative estimate of drug-likeness (QED) is 0.334. The Hall–Kier alpha value is -0.790. The molecule has 2 heteroatoms. The fraction of sp³-hybridized carbons (Fsp3) is 0.786. The highest BCUT2D eigenvalue weighted by Gasteiger charge is 2.07.